The second-order valence-electron chi connectivity index (χ2n) is 4.55. The van der Waals surface area contributed by atoms with E-state index in [1.54, 1.807) is 0 Å². The number of piperazine rings is 1. The van der Waals surface area contributed by atoms with E-state index in [1.807, 2.05) is 6.92 Å². The zero-order valence-electron chi connectivity index (χ0n) is 9.32. The van der Waals surface area contributed by atoms with Crippen molar-refractivity contribution in [3.8, 4) is 0 Å². The largest absolute Gasteiger partial charge is 0.393 e. The highest BCUT2D eigenvalue weighted by molar-refractivity contribution is 5.17. The molecule has 3 heteroatoms. The van der Waals surface area contributed by atoms with E-state index in [4.69, 9.17) is 0 Å². The summed E-state index contributed by atoms with van der Waals surface area (Å²) in [5, 5.41) is 9.42. The highest BCUT2D eigenvalue weighted by Gasteiger charge is 2.33. The van der Waals surface area contributed by atoms with Crippen LogP contribution in [0.1, 0.15) is 27.2 Å². The fourth-order valence-corrected chi connectivity index (χ4v) is 2.63. The summed E-state index contributed by atoms with van der Waals surface area (Å²) in [4.78, 5) is 4.91. The van der Waals surface area contributed by atoms with Crippen molar-refractivity contribution in [2.45, 2.75) is 39.3 Å². The van der Waals surface area contributed by atoms with Crippen LogP contribution in [-0.4, -0.2) is 46.7 Å². The third kappa shape index (κ3) is 1.50. The molecule has 3 heterocycles. The maximum absolute atomic E-state index is 9.42. The van der Waals surface area contributed by atoms with Gasteiger partial charge in [-0.05, 0) is 27.2 Å². The zero-order chi connectivity index (χ0) is 10.3. The van der Waals surface area contributed by atoms with Crippen molar-refractivity contribution in [2.24, 2.45) is 0 Å². The Morgan fingerprint density at radius 2 is 2.07 bits per heavy atom. The summed E-state index contributed by atoms with van der Waals surface area (Å²) in [7, 11) is 0. The molecule has 0 aromatic carbocycles. The van der Waals surface area contributed by atoms with Crippen LogP contribution < -0.4 is 0 Å². The molecule has 0 amide bonds. The first kappa shape index (κ1) is 9.84. The van der Waals surface area contributed by atoms with Gasteiger partial charge in [-0.15, -0.1) is 0 Å². The molecule has 0 radical (unpaired) electrons. The van der Waals surface area contributed by atoms with E-state index < -0.39 is 0 Å². The normalized spacial score (nSPS) is 28.7. The van der Waals surface area contributed by atoms with E-state index in [0.717, 1.165) is 26.1 Å². The Morgan fingerprint density at radius 1 is 1.36 bits per heavy atom. The fourth-order valence-electron chi connectivity index (χ4n) is 2.63. The summed E-state index contributed by atoms with van der Waals surface area (Å²) in [5.41, 5.74) is 2.81. The van der Waals surface area contributed by atoms with Gasteiger partial charge in [0.05, 0.1) is 6.10 Å². The van der Waals surface area contributed by atoms with Gasteiger partial charge in [0.25, 0.3) is 0 Å². The Bertz CT molecular complexity index is 260. The number of nitrogens with zero attached hydrogens (tertiary/aromatic N) is 2. The number of rotatable bonds is 2. The van der Waals surface area contributed by atoms with Gasteiger partial charge in [0, 0.05) is 37.1 Å². The minimum absolute atomic E-state index is 0.186. The molecule has 3 aliphatic rings. The van der Waals surface area contributed by atoms with E-state index in [0.29, 0.717) is 6.04 Å². The van der Waals surface area contributed by atoms with Gasteiger partial charge in [-0.1, -0.05) is 0 Å². The lowest BCUT2D eigenvalue weighted by Crippen LogP contribution is -2.57. The van der Waals surface area contributed by atoms with Crippen LogP contribution in [0.2, 0.25) is 0 Å². The molecule has 2 bridgehead atoms. The van der Waals surface area contributed by atoms with Gasteiger partial charge in [-0.3, -0.25) is 0 Å². The number of aliphatic hydroxyl groups is 1. The van der Waals surface area contributed by atoms with Gasteiger partial charge in [-0.2, -0.15) is 0 Å². The van der Waals surface area contributed by atoms with Crippen molar-refractivity contribution in [3.05, 3.63) is 11.4 Å². The molecule has 2 atom stereocenters. The maximum Gasteiger partial charge on any atom is 0.0532 e. The van der Waals surface area contributed by atoms with Crippen molar-refractivity contribution in [3.63, 3.8) is 0 Å². The third-order valence-corrected chi connectivity index (χ3v) is 3.52. The average molecular weight is 196 g/mol. The molecule has 3 aliphatic heterocycles. The molecular formula is C11H20N2O. The molecule has 2 unspecified atom stereocenters. The summed E-state index contributed by atoms with van der Waals surface area (Å²) < 4.78 is 0. The van der Waals surface area contributed by atoms with Crippen molar-refractivity contribution in [1.29, 1.82) is 0 Å². The Hall–Kier alpha value is -0.700. The zero-order valence-corrected chi connectivity index (χ0v) is 9.32. The van der Waals surface area contributed by atoms with Gasteiger partial charge < -0.3 is 14.9 Å². The lowest BCUT2D eigenvalue weighted by molar-refractivity contribution is 0.0521. The summed E-state index contributed by atoms with van der Waals surface area (Å²) in [6.07, 6.45) is 0.704. The van der Waals surface area contributed by atoms with Gasteiger partial charge in [0.15, 0.2) is 0 Å². The molecule has 3 rings (SSSR count). The molecule has 0 aromatic rings. The van der Waals surface area contributed by atoms with Crippen molar-refractivity contribution < 1.29 is 5.11 Å². The molecule has 1 saturated heterocycles. The predicted octanol–water partition coefficient (Wildman–Crippen LogP) is 1.01. The number of aliphatic hydroxyl groups excluding tert-OH is 1. The summed E-state index contributed by atoms with van der Waals surface area (Å²) >= 11 is 0. The van der Waals surface area contributed by atoms with Crippen LogP contribution in [0.3, 0.4) is 0 Å². The van der Waals surface area contributed by atoms with Crippen LogP contribution in [0.4, 0.5) is 0 Å². The van der Waals surface area contributed by atoms with E-state index >= 15 is 0 Å². The quantitative estimate of drug-likeness (QED) is 0.714. The second kappa shape index (κ2) is 3.46. The fraction of sp³-hybridized carbons (Fsp3) is 0.818. The Kier molecular flexibility index (Phi) is 2.43. The second-order valence-corrected chi connectivity index (χ2v) is 4.55. The highest BCUT2D eigenvalue weighted by atomic mass is 16.3. The summed E-state index contributed by atoms with van der Waals surface area (Å²) in [6, 6.07) is 0.521. The molecule has 3 nitrogen and oxygen atoms in total. The Labute approximate surface area is 86.0 Å². The van der Waals surface area contributed by atoms with Crippen LogP contribution in [0.15, 0.2) is 11.4 Å². The van der Waals surface area contributed by atoms with Gasteiger partial charge in [0.1, 0.15) is 0 Å². The SMILES string of the molecule is CC1=C(C)N2CCN1CC2CC(C)O. The summed E-state index contributed by atoms with van der Waals surface area (Å²) in [5.74, 6) is 0. The topological polar surface area (TPSA) is 26.7 Å². The minimum atomic E-state index is -0.186. The van der Waals surface area contributed by atoms with E-state index in [-0.39, 0.29) is 6.10 Å². The Balaban J connectivity index is 2.13. The highest BCUT2D eigenvalue weighted by Crippen LogP contribution is 2.29. The molecule has 1 N–H and O–H groups in total. The van der Waals surface area contributed by atoms with Crippen molar-refractivity contribution in [1.82, 2.24) is 9.80 Å². The van der Waals surface area contributed by atoms with Gasteiger partial charge in [0.2, 0.25) is 0 Å². The first-order chi connectivity index (χ1) is 6.59. The molecule has 0 aliphatic carbocycles. The maximum atomic E-state index is 9.42. The summed E-state index contributed by atoms with van der Waals surface area (Å²) in [6.45, 7) is 9.63. The molecule has 14 heavy (non-hydrogen) atoms. The van der Waals surface area contributed by atoms with Crippen LogP contribution in [-0.2, 0) is 0 Å². The number of hydrogen-bond donors (Lipinski definition) is 1. The van der Waals surface area contributed by atoms with Crippen molar-refractivity contribution in [2.75, 3.05) is 19.6 Å². The lowest BCUT2D eigenvalue weighted by atomic mass is 10.00. The number of fused-ring (bicyclic) bond motifs is 2. The van der Waals surface area contributed by atoms with Gasteiger partial charge in [-0.25, -0.2) is 0 Å². The molecule has 80 valence electrons. The first-order valence-electron chi connectivity index (χ1n) is 5.46. The molecule has 0 aromatic heterocycles. The minimum Gasteiger partial charge on any atom is -0.393 e. The predicted molar refractivity (Wildman–Crippen MR) is 56.7 cm³/mol. The first-order valence-corrected chi connectivity index (χ1v) is 5.46. The molecule has 0 spiro atoms. The monoisotopic (exact) mass is 196 g/mol. The third-order valence-electron chi connectivity index (χ3n) is 3.52. The van der Waals surface area contributed by atoms with Crippen LogP contribution >= 0.6 is 0 Å². The number of hydrogen-bond acceptors (Lipinski definition) is 3. The molecule has 0 saturated carbocycles. The van der Waals surface area contributed by atoms with Crippen LogP contribution in [0.25, 0.3) is 0 Å². The van der Waals surface area contributed by atoms with E-state index in [9.17, 15) is 5.11 Å². The lowest BCUT2D eigenvalue weighted by Gasteiger charge is -2.51. The van der Waals surface area contributed by atoms with E-state index in [1.165, 1.54) is 11.4 Å². The average Bonchev–Trinajstić information content (AvgIpc) is 2.12. The van der Waals surface area contributed by atoms with Crippen molar-refractivity contribution >= 4 is 0 Å². The van der Waals surface area contributed by atoms with Crippen LogP contribution in [0, 0.1) is 0 Å². The molecular weight excluding hydrogens is 176 g/mol. The molecule has 1 fully saturated rings. The smallest absolute Gasteiger partial charge is 0.0532 e. The standard InChI is InChI=1S/C11H20N2O/c1-8(14)6-11-7-12-4-5-13(11)10(3)9(12)2/h8,11,14H,4-7H2,1-3H3. The van der Waals surface area contributed by atoms with Gasteiger partial charge >= 0.3 is 0 Å². The van der Waals surface area contributed by atoms with Crippen LogP contribution in [0.5, 0.6) is 0 Å². The van der Waals surface area contributed by atoms with E-state index in [2.05, 4.69) is 23.6 Å². The Morgan fingerprint density at radius 3 is 2.64 bits per heavy atom. The number of allylic oxidation sites excluding steroid dienone is 2.